The van der Waals surface area contributed by atoms with E-state index in [4.69, 9.17) is 0 Å². The third-order valence-corrected chi connectivity index (χ3v) is 4.08. The fourth-order valence-electron chi connectivity index (χ4n) is 1.00. The van der Waals surface area contributed by atoms with Crippen molar-refractivity contribution in [1.29, 1.82) is 0 Å². The van der Waals surface area contributed by atoms with E-state index in [0.717, 1.165) is 22.4 Å². The monoisotopic (exact) mass is 274 g/mol. The molecule has 0 saturated heterocycles. The molecule has 0 unspecified atom stereocenters. The Hall–Kier alpha value is -0.0900. The van der Waals surface area contributed by atoms with Crippen LogP contribution in [0.2, 0.25) is 0 Å². The largest absolute Gasteiger partial charge is 0.240 e. The lowest BCUT2D eigenvalue weighted by atomic mass is 10.2. The predicted octanol–water partition coefficient (Wildman–Crippen LogP) is 3.28. The molecule has 78 valence electrons. The van der Waals surface area contributed by atoms with Crippen LogP contribution in [0.3, 0.4) is 0 Å². The first-order valence-electron chi connectivity index (χ1n) is 4.45. The lowest BCUT2D eigenvalue weighted by molar-refractivity contribution is 0.701. The van der Waals surface area contributed by atoms with Gasteiger partial charge in [0.15, 0.2) is 0 Å². The van der Waals surface area contributed by atoms with E-state index in [0.29, 0.717) is 0 Å². The summed E-state index contributed by atoms with van der Waals surface area (Å²) in [6.45, 7) is 6.30. The summed E-state index contributed by atoms with van der Waals surface area (Å²) in [4.78, 5) is 8.92. The average Bonchev–Trinajstić information content (AvgIpc) is 2.17. The van der Waals surface area contributed by atoms with Crippen LogP contribution in [-0.2, 0) is 10.1 Å². The summed E-state index contributed by atoms with van der Waals surface area (Å²) in [5, 5.41) is 0.818. The maximum absolute atomic E-state index is 4.52. The standard InChI is InChI=1S/C10H15BrN2S/c1-7-8(5-11)6-12-9(13-7)10(2,3)14-4/h6H,5H2,1-4H3. The summed E-state index contributed by atoms with van der Waals surface area (Å²) >= 11 is 5.18. The molecule has 1 rings (SSSR count). The summed E-state index contributed by atoms with van der Waals surface area (Å²) in [5.41, 5.74) is 2.22. The Morgan fingerprint density at radius 3 is 2.57 bits per heavy atom. The number of alkyl halides is 1. The minimum Gasteiger partial charge on any atom is -0.240 e. The molecule has 1 aromatic rings. The van der Waals surface area contributed by atoms with Crippen molar-refractivity contribution >= 4 is 27.7 Å². The van der Waals surface area contributed by atoms with Crippen LogP contribution in [0.4, 0.5) is 0 Å². The molecule has 0 saturated carbocycles. The van der Waals surface area contributed by atoms with E-state index < -0.39 is 0 Å². The van der Waals surface area contributed by atoms with Crippen molar-refractivity contribution in [3.63, 3.8) is 0 Å². The molecular weight excluding hydrogens is 260 g/mol. The molecule has 0 aliphatic heterocycles. The fraction of sp³-hybridized carbons (Fsp3) is 0.600. The van der Waals surface area contributed by atoms with Gasteiger partial charge in [-0.1, -0.05) is 15.9 Å². The lowest BCUT2D eigenvalue weighted by Gasteiger charge is -2.20. The van der Waals surface area contributed by atoms with Crippen LogP contribution in [0.15, 0.2) is 6.20 Å². The summed E-state index contributed by atoms with van der Waals surface area (Å²) in [5.74, 6) is 0.909. The zero-order valence-corrected chi connectivity index (χ0v) is 11.4. The maximum atomic E-state index is 4.52. The van der Waals surface area contributed by atoms with Gasteiger partial charge < -0.3 is 0 Å². The Morgan fingerprint density at radius 1 is 1.50 bits per heavy atom. The molecule has 0 spiro atoms. The molecule has 1 heterocycles. The number of rotatable bonds is 3. The topological polar surface area (TPSA) is 25.8 Å². The van der Waals surface area contributed by atoms with Gasteiger partial charge in [-0.2, -0.15) is 11.8 Å². The predicted molar refractivity (Wildman–Crippen MR) is 65.9 cm³/mol. The first-order valence-corrected chi connectivity index (χ1v) is 6.80. The highest BCUT2D eigenvalue weighted by atomic mass is 79.9. The van der Waals surface area contributed by atoms with Crippen LogP contribution >= 0.6 is 27.7 Å². The minimum atomic E-state index is -0.00436. The second-order valence-corrected chi connectivity index (χ2v) is 5.64. The molecule has 0 N–H and O–H groups in total. The molecule has 0 aromatic carbocycles. The molecule has 4 heteroatoms. The Labute approximate surface area is 98.1 Å². The van der Waals surface area contributed by atoms with E-state index in [-0.39, 0.29) is 4.75 Å². The van der Waals surface area contributed by atoms with E-state index in [1.165, 1.54) is 0 Å². The van der Waals surface area contributed by atoms with Gasteiger partial charge in [-0.15, -0.1) is 0 Å². The number of aromatic nitrogens is 2. The van der Waals surface area contributed by atoms with E-state index in [2.05, 4.69) is 46.0 Å². The van der Waals surface area contributed by atoms with Crippen LogP contribution in [0.25, 0.3) is 0 Å². The number of nitrogens with zero attached hydrogens (tertiary/aromatic N) is 2. The van der Waals surface area contributed by atoms with Crippen molar-refractivity contribution < 1.29 is 0 Å². The highest BCUT2D eigenvalue weighted by molar-refractivity contribution is 9.08. The summed E-state index contributed by atoms with van der Waals surface area (Å²) in [6.07, 6.45) is 3.99. The van der Waals surface area contributed by atoms with Crippen LogP contribution in [0, 0.1) is 6.92 Å². The van der Waals surface area contributed by atoms with Crippen molar-refractivity contribution in [3.05, 3.63) is 23.3 Å². The number of hydrogen-bond donors (Lipinski definition) is 0. The Balaban J connectivity index is 3.08. The highest BCUT2D eigenvalue weighted by Gasteiger charge is 2.22. The van der Waals surface area contributed by atoms with Crippen molar-refractivity contribution in [1.82, 2.24) is 9.97 Å². The first-order chi connectivity index (χ1) is 6.51. The molecule has 14 heavy (non-hydrogen) atoms. The third-order valence-electron chi connectivity index (χ3n) is 2.27. The SMILES string of the molecule is CSC(C)(C)c1ncc(CBr)c(C)n1. The van der Waals surface area contributed by atoms with E-state index in [1.54, 1.807) is 11.8 Å². The molecule has 0 atom stereocenters. The summed E-state index contributed by atoms with van der Waals surface area (Å²) < 4.78 is -0.00436. The summed E-state index contributed by atoms with van der Waals surface area (Å²) in [6, 6.07) is 0. The van der Waals surface area contributed by atoms with Gasteiger partial charge in [0.1, 0.15) is 5.82 Å². The molecule has 0 fully saturated rings. The smallest absolute Gasteiger partial charge is 0.143 e. The molecule has 0 aliphatic rings. The van der Waals surface area contributed by atoms with Crippen molar-refractivity contribution in [2.75, 3.05) is 6.26 Å². The highest BCUT2D eigenvalue weighted by Crippen LogP contribution is 2.31. The van der Waals surface area contributed by atoms with Crippen molar-refractivity contribution in [2.24, 2.45) is 0 Å². The zero-order valence-electron chi connectivity index (χ0n) is 8.97. The van der Waals surface area contributed by atoms with Crippen LogP contribution in [-0.4, -0.2) is 16.2 Å². The first kappa shape index (κ1) is 12.0. The van der Waals surface area contributed by atoms with Crippen molar-refractivity contribution in [2.45, 2.75) is 30.8 Å². The lowest BCUT2D eigenvalue weighted by Crippen LogP contribution is -2.17. The third kappa shape index (κ3) is 2.48. The summed E-state index contributed by atoms with van der Waals surface area (Å²) in [7, 11) is 0. The van der Waals surface area contributed by atoms with E-state index >= 15 is 0 Å². The van der Waals surface area contributed by atoms with Crippen LogP contribution < -0.4 is 0 Å². The fourth-order valence-corrected chi connectivity index (χ4v) is 1.84. The van der Waals surface area contributed by atoms with Crippen LogP contribution in [0.5, 0.6) is 0 Å². The van der Waals surface area contributed by atoms with Gasteiger partial charge in [0.2, 0.25) is 0 Å². The zero-order chi connectivity index (χ0) is 10.8. The second-order valence-electron chi connectivity index (χ2n) is 3.65. The van der Waals surface area contributed by atoms with Gasteiger partial charge in [0.05, 0.1) is 4.75 Å². The van der Waals surface area contributed by atoms with Gasteiger partial charge in [-0.05, 0) is 27.0 Å². The van der Waals surface area contributed by atoms with Crippen LogP contribution in [0.1, 0.15) is 30.9 Å². The Bertz CT molecular complexity index is 326. The number of thioether (sulfide) groups is 1. The Morgan fingerprint density at radius 2 is 2.14 bits per heavy atom. The normalized spacial score (nSPS) is 11.8. The molecule has 2 nitrogen and oxygen atoms in total. The average molecular weight is 275 g/mol. The number of halogens is 1. The van der Waals surface area contributed by atoms with E-state index in [9.17, 15) is 0 Å². The van der Waals surface area contributed by atoms with Gasteiger partial charge in [-0.3, -0.25) is 0 Å². The number of aryl methyl sites for hydroxylation is 1. The maximum Gasteiger partial charge on any atom is 0.143 e. The quantitative estimate of drug-likeness (QED) is 0.792. The van der Waals surface area contributed by atoms with Gasteiger partial charge in [-0.25, -0.2) is 9.97 Å². The second kappa shape index (κ2) is 4.62. The van der Waals surface area contributed by atoms with Crippen molar-refractivity contribution in [3.8, 4) is 0 Å². The number of hydrogen-bond acceptors (Lipinski definition) is 3. The minimum absolute atomic E-state index is 0.00436. The van der Waals surface area contributed by atoms with E-state index in [1.807, 2.05) is 13.1 Å². The molecule has 0 aliphatic carbocycles. The van der Waals surface area contributed by atoms with Gasteiger partial charge in [0, 0.05) is 22.8 Å². The molecule has 0 amide bonds. The Kier molecular flexibility index (Phi) is 3.95. The molecule has 0 bridgehead atoms. The van der Waals surface area contributed by atoms with Gasteiger partial charge in [0.25, 0.3) is 0 Å². The van der Waals surface area contributed by atoms with Gasteiger partial charge >= 0.3 is 0 Å². The molecular formula is C10H15BrN2S. The molecule has 0 radical (unpaired) electrons. The molecule has 1 aromatic heterocycles.